The van der Waals surface area contributed by atoms with E-state index in [1.165, 1.54) is 11.1 Å². The zero-order valence-electron chi connectivity index (χ0n) is 16.9. The molecule has 1 aromatic carbocycles. The summed E-state index contributed by atoms with van der Waals surface area (Å²) in [6, 6.07) is 10.1. The summed E-state index contributed by atoms with van der Waals surface area (Å²) in [6.07, 6.45) is 5.05. The largest absolute Gasteiger partial charge is 0.356 e. The molecule has 0 bridgehead atoms. The van der Waals surface area contributed by atoms with Crippen molar-refractivity contribution in [2.75, 3.05) is 38.2 Å². The number of nitrogens with one attached hydrogen (secondary N) is 2. The number of sulfone groups is 1. The number of hydrogen-bond acceptors (Lipinski definition) is 4. The van der Waals surface area contributed by atoms with Crippen LogP contribution in [0.2, 0.25) is 0 Å². The van der Waals surface area contributed by atoms with Crippen LogP contribution in [-0.4, -0.2) is 69.4 Å². The van der Waals surface area contributed by atoms with Crippen LogP contribution in [0, 0.1) is 0 Å². The minimum Gasteiger partial charge on any atom is -0.356 e. The fourth-order valence-corrected chi connectivity index (χ4v) is 5.44. The van der Waals surface area contributed by atoms with Gasteiger partial charge in [-0.15, -0.1) is 0 Å². The molecule has 0 saturated carbocycles. The van der Waals surface area contributed by atoms with E-state index in [0.29, 0.717) is 19.4 Å². The van der Waals surface area contributed by atoms with Crippen LogP contribution in [0.1, 0.15) is 31.2 Å². The Morgan fingerprint density at radius 2 is 1.97 bits per heavy atom. The molecule has 1 atom stereocenters. The summed E-state index contributed by atoms with van der Waals surface area (Å²) >= 11 is 0. The summed E-state index contributed by atoms with van der Waals surface area (Å²) in [5.74, 6) is 0.903. The molecule has 0 aromatic heterocycles. The molecule has 1 unspecified atom stereocenters. The molecular weight excluding hydrogens is 388 g/mol. The monoisotopic (exact) mass is 418 g/mol. The third kappa shape index (κ3) is 6.59. The molecule has 29 heavy (non-hydrogen) atoms. The lowest BCUT2D eigenvalue weighted by atomic mass is 10.0. The number of likely N-dealkylation sites (tertiary alicyclic amines) is 1. The number of carbonyl (C=O) groups is 1. The Hall–Kier alpha value is -2.35. The van der Waals surface area contributed by atoms with Gasteiger partial charge in [-0.1, -0.05) is 42.0 Å². The Kier molecular flexibility index (Phi) is 7.30. The van der Waals surface area contributed by atoms with E-state index in [0.717, 1.165) is 31.9 Å². The Morgan fingerprint density at radius 3 is 2.59 bits per heavy atom. The van der Waals surface area contributed by atoms with Crippen molar-refractivity contribution >= 4 is 27.8 Å². The number of benzene rings is 1. The van der Waals surface area contributed by atoms with Crippen molar-refractivity contribution in [2.24, 2.45) is 4.99 Å². The highest BCUT2D eigenvalue weighted by Gasteiger charge is 2.28. The highest BCUT2D eigenvalue weighted by atomic mass is 32.2. The molecule has 158 valence electrons. The van der Waals surface area contributed by atoms with Gasteiger partial charge in [-0.05, 0) is 24.8 Å². The molecule has 2 N–H and O–H groups in total. The minimum absolute atomic E-state index is 0.0560. The zero-order chi connectivity index (χ0) is 20.7. The number of amides is 1. The second kappa shape index (κ2) is 9.91. The van der Waals surface area contributed by atoms with Gasteiger partial charge >= 0.3 is 0 Å². The molecule has 0 spiro atoms. The maximum absolute atomic E-state index is 12.1. The van der Waals surface area contributed by atoms with Crippen molar-refractivity contribution in [3.8, 4) is 0 Å². The van der Waals surface area contributed by atoms with Gasteiger partial charge in [0.1, 0.15) is 0 Å². The molecule has 2 aliphatic heterocycles. The van der Waals surface area contributed by atoms with Gasteiger partial charge in [0.15, 0.2) is 15.8 Å². The van der Waals surface area contributed by atoms with E-state index in [4.69, 9.17) is 0 Å². The first kappa shape index (κ1) is 21.4. The third-order valence-electron chi connectivity index (χ3n) is 5.32. The van der Waals surface area contributed by atoms with Crippen molar-refractivity contribution in [3.05, 3.63) is 41.5 Å². The molecule has 2 heterocycles. The van der Waals surface area contributed by atoms with Crippen LogP contribution in [-0.2, 0) is 14.6 Å². The predicted octanol–water partition coefficient (Wildman–Crippen LogP) is 1.43. The molecule has 1 amide bonds. The quantitative estimate of drug-likeness (QED) is 0.558. The van der Waals surface area contributed by atoms with E-state index in [1.54, 1.807) is 7.05 Å². The lowest BCUT2D eigenvalue weighted by Crippen LogP contribution is -2.45. The fraction of sp³-hybridized carbons (Fsp3) is 0.524. The number of nitrogens with zero attached hydrogens (tertiary/aromatic N) is 2. The van der Waals surface area contributed by atoms with E-state index in [9.17, 15) is 13.2 Å². The molecule has 7 nitrogen and oxygen atoms in total. The van der Waals surface area contributed by atoms with Crippen LogP contribution in [0.15, 0.2) is 40.9 Å². The van der Waals surface area contributed by atoms with Gasteiger partial charge in [0.05, 0.1) is 11.5 Å². The maximum Gasteiger partial charge on any atom is 0.222 e. The van der Waals surface area contributed by atoms with Gasteiger partial charge < -0.3 is 15.5 Å². The van der Waals surface area contributed by atoms with Crippen molar-refractivity contribution < 1.29 is 13.2 Å². The number of guanidine groups is 1. The maximum atomic E-state index is 12.1. The Labute approximate surface area is 173 Å². The van der Waals surface area contributed by atoms with Crippen molar-refractivity contribution in [3.63, 3.8) is 0 Å². The Bertz CT molecular complexity index is 855. The zero-order valence-corrected chi connectivity index (χ0v) is 17.7. The molecule has 2 aliphatic rings. The van der Waals surface area contributed by atoms with Crippen molar-refractivity contribution in [2.45, 2.75) is 31.7 Å². The molecule has 3 rings (SSSR count). The smallest absolute Gasteiger partial charge is 0.222 e. The van der Waals surface area contributed by atoms with Crippen LogP contribution in [0.4, 0.5) is 0 Å². The van der Waals surface area contributed by atoms with E-state index in [1.807, 2.05) is 6.07 Å². The Morgan fingerprint density at radius 1 is 1.24 bits per heavy atom. The van der Waals surface area contributed by atoms with Crippen molar-refractivity contribution in [1.29, 1.82) is 0 Å². The van der Waals surface area contributed by atoms with Gasteiger partial charge in [-0.3, -0.25) is 9.79 Å². The van der Waals surface area contributed by atoms with E-state index in [2.05, 4.69) is 50.9 Å². The Balaban J connectivity index is 1.39. The van der Waals surface area contributed by atoms with Crippen LogP contribution in [0.25, 0.3) is 6.08 Å². The van der Waals surface area contributed by atoms with E-state index >= 15 is 0 Å². The minimum atomic E-state index is -2.98. The first-order valence-corrected chi connectivity index (χ1v) is 12.0. The summed E-state index contributed by atoms with van der Waals surface area (Å²) in [5, 5.41) is 6.07. The molecule has 2 fully saturated rings. The average molecular weight is 419 g/mol. The van der Waals surface area contributed by atoms with Gasteiger partial charge in [-0.2, -0.15) is 0 Å². The molecule has 0 aliphatic carbocycles. The van der Waals surface area contributed by atoms with E-state index in [-0.39, 0.29) is 23.5 Å². The number of aliphatic imine (C=N–C) groups is 1. The molecule has 8 heteroatoms. The summed E-state index contributed by atoms with van der Waals surface area (Å²) in [4.78, 5) is 18.6. The number of carbonyl (C=O) groups excluding carboxylic acids is 1. The van der Waals surface area contributed by atoms with Gasteiger partial charge in [0, 0.05) is 39.1 Å². The van der Waals surface area contributed by atoms with Crippen molar-refractivity contribution in [1.82, 2.24) is 15.5 Å². The van der Waals surface area contributed by atoms with Gasteiger partial charge in [0.2, 0.25) is 5.91 Å². The highest BCUT2D eigenvalue weighted by molar-refractivity contribution is 7.91. The average Bonchev–Trinajstić information content (AvgIpc) is 3.05. The SMILES string of the molecule is CN=C(NCCC(=O)NC1CCS(=O)(=O)C1)N1CCC(=Cc2ccccc2)CC1. The van der Waals surface area contributed by atoms with Crippen LogP contribution in [0.5, 0.6) is 0 Å². The van der Waals surface area contributed by atoms with Crippen LogP contribution < -0.4 is 10.6 Å². The lowest BCUT2D eigenvalue weighted by Gasteiger charge is -2.31. The normalized spacial score (nSPS) is 21.7. The molecule has 1 aromatic rings. The van der Waals surface area contributed by atoms with E-state index < -0.39 is 9.84 Å². The van der Waals surface area contributed by atoms with Crippen LogP contribution >= 0.6 is 0 Å². The summed E-state index contributed by atoms with van der Waals surface area (Å²) in [6.45, 7) is 2.26. The van der Waals surface area contributed by atoms with Gasteiger partial charge in [-0.25, -0.2) is 8.42 Å². The lowest BCUT2D eigenvalue weighted by molar-refractivity contribution is -0.121. The second-order valence-corrected chi connectivity index (χ2v) is 9.82. The predicted molar refractivity (Wildman–Crippen MR) is 116 cm³/mol. The van der Waals surface area contributed by atoms with Gasteiger partial charge in [0.25, 0.3) is 0 Å². The first-order valence-electron chi connectivity index (χ1n) is 10.1. The molecular formula is C21H30N4O3S. The number of piperidine rings is 1. The highest BCUT2D eigenvalue weighted by Crippen LogP contribution is 2.19. The topological polar surface area (TPSA) is 90.9 Å². The molecule has 2 saturated heterocycles. The van der Waals surface area contributed by atoms with Crippen LogP contribution in [0.3, 0.4) is 0 Å². The fourth-order valence-electron chi connectivity index (χ4n) is 3.76. The molecule has 0 radical (unpaired) electrons. The number of hydrogen-bond donors (Lipinski definition) is 2. The third-order valence-corrected chi connectivity index (χ3v) is 7.09. The number of rotatable bonds is 5. The summed E-state index contributed by atoms with van der Waals surface area (Å²) < 4.78 is 23.0. The summed E-state index contributed by atoms with van der Waals surface area (Å²) in [5.41, 5.74) is 2.67. The summed E-state index contributed by atoms with van der Waals surface area (Å²) in [7, 11) is -1.23. The second-order valence-electron chi connectivity index (χ2n) is 7.59. The first-order chi connectivity index (χ1) is 13.9. The standard InChI is InChI=1S/C21H30N4O3S/c1-22-21(23-11-7-20(26)24-19-10-14-29(27,28)16-19)25-12-8-18(9-13-25)15-17-5-3-2-4-6-17/h2-6,15,19H,7-14,16H2,1H3,(H,22,23)(H,24,26).